The number of halogens is 1. The normalized spacial score (nSPS) is 15.4. The summed E-state index contributed by atoms with van der Waals surface area (Å²) < 4.78 is 0. The molecule has 1 fully saturated rings. The molecule has 0 aliphatic carbocycles. The highest BCUT2D eigenvalue weighted by molar-refractivity contribution is 6.30. The molecule has 1 heterocycles. The second kappa shape index (κ2) is 5.52. The van der Waals surface area contributed by atoms with Gasteiger partial charge in [0.15, 0.2) is 0 Å². The maximum Gasteiger partial charge on any atom is 0.227 e. The Balaban J connectivity index is 1.97. The highest BCUT2D eigenvalue weighted by atomic mass is 35.5. The minimum Gasteiger partial charge on any atom is -0.337 e. The van der Waals surface area contributed by atoms with Gasteiger partial charge in [0.2, 0.25) is 5.91 Å². The molecule has 1 aromatic rings. The number of carbonyl (C=O) groups is 1. The first-order valence-electron chi connectivity index (χ1n) is 5.95. The molecule has 3 nitrogen and oxygen atoms in total. The van der Waals surface area contributed by atoms with E-state index in [4.69, 9.17) is 11.6 Å². The van der Waals surface area contributed by atoms with Crippen LogP contribution in [-0.4, -0.2) is 36.5 Å². The first-order chi connectivity index (χ1) is 8.20. The molecule has 1 aromatic carbocycles. The van der Waals surface area contributed by atoms with E-state index < -0.39 is 0 Å². The topological polar surface area (TPSA) is 32.3 Å². The van der Waals surface area contributed by atoms with Crippen LogP contribution in [0.2, 0.25) is 5.02 Å². The van der Waals surface area contributed by atoms with Crippen LogP contribution in [0.1, 0.15) is 12.5 Å². The van der Waals surface area contributed by atoms with Gasteiger partial charge >= 0.3 is 0 Å². The second-order valence-corrected chi connectivity index (χ2v) is 4.73. The zero-order valence-electron chi connectivity index (χ0n) is 9.95. The summed E-state index contributed by atoms with van der Waals surface area (Å²) in [6.45, 7) is 4.64. The lowest BCUT2D eigenvalue weighted by atomic mass is 10.1. The number of carbonyl (C=O) groups excluding carboxylic acids is 1. The smallest absolute Gasteiger partial charge is 0.227 e. The summed E-state index contributed by atoms with van der Waals surface area (Å²) in [5, 5.41) is 3.90. The molecule has 0 spiro atoms. The van der Waals surface area contributed by atoms with Gasteiger partial charge in [0.25, 0.3) is 0 Å². The fourth-order valence-electron chi connectivity index (χ4n) is 2.01. The number of nitrogens with zero attached hydrogens (tertiary/aromatic N) is 1. The first-order valence-corrected chi connectivity index (χ1v) is 6.33. The van der Waals surface area contributed by atoms with Crippen molar-refractivity contribution in [3.8, 4) is 0 Å². The number of benzene rings is 1. The number of amides is 1. The van der Waals surface area contributed by atoms with E-state index in [2.05, 4.69) is 5.32 Å². The van der Waals surface area contributed by atoms with E-state index in [-0.39, 0.29) is 5.91 Å². The molecular formula is C13H17ClN2O. The molecule has 1 amide bonds. The standard InChI is InChI=1S/C13H17ClN2O/c1-2-16(12-8-15-9-12)13(17)7-10-3-5-11(14)6-4-10/h3-6,12,15H,2,7-9H2,1H3. The Morgan fingerprint density at radius 3 is 2.53 bits per heavy atom. The van der Waals surface area contributed by atoms with Crippen LogP contribution in [0.15, 0.2) is 24.3 Å². The quantitative estimate of drug-likeness (QED) is 0.885. The van der Waals surface area contributed by atoms with Gasteiger partial charge in [0.1, 0.15) is 0 Å². The molecule has 1 aliphatic heterocycles. The molecule has 0 radical (unpaired) electrons. The van der Waals surface area contributed by atoms with E-state index >= 15 is 0 Å². The zero-order chi connectivity index (χ0) is 12.3. The summed E-state index contributed by atoms with van der Waals surface area (Å²) in [6, 6.07) is 7.84. The molecule has 0 saturated carbocycles. The molecule has 2 rings (SSSR count). The van der Waals surface area contributed by atoms with Crippen molar-refractivity contribution in [3.05, 3.63) is 34.9 Å². The van der Waals surface area contributed by atoms with E-state index in [1.807, 2.05) is 36.1 Å². The van der Waals surface area contributed by atoms with Crippen molar-refractivity contribution in [3.63, 3.8) is 0 Å². The lowest BCUT2D eigenvalue weighted by Crippen LogP contribution is -2.59. The second-order valence-electron chi connectivity index (χ2n) is 4.30. The van der Waals surface area contributed by atoms with Gasteiger partial charge in [-0.2, -0.15) is 0 Å². The van der Waals surface area contributed by atoms with Crippen LogP contribution in [-0.2, 0) is 11.2 Å². The average Bonchev–Trinajstić information content (AvgIpc) is 2.26. The van der Waals surface area contributed by atoms with Crippen molar-refractivity contribution < 1.29 is 4.79 Å². The molecule has 1 N–H and O–H groups in total. The molecular weight excluding hydrogens is 236 g/mol. The Morgan fingerprint density at radius 2 is 2.06 bits per heavy atom. The third kappa shape index (κ3) is 2.99. The molecule has 0 bridgehead atoms. The summed E-state index contributed by atoms with van der Waals surface area (Å²) in [6.07, 6.45) is 0.460. The Bertz CT molecular complexity index is 387. The summed E-state index contributed by atoms with van der Waals surface area (Å²) in [5.74, 6) is 0.196. The predicted octanol–water partition coefficient (Wildman–Crippen LogP) is 1.70. The van der Waals surface area contributed by atoms with Crippen molar-refractivity contribution in [1.82, 2.24) is 10.2 Å². The van der Waals surface area contributed by atoms with E-state index in [0.717, 1.165) is 25.2 Å². The van der Waals surface area contributed by atoms with Crippen LogP contribution in [0, 0.1) is 0 Å². The van der Waals surface area contributed by atoms with Crippen LogP contribution in [0.4, 0.5) is 0 Å². The van der Waals surface area contributed by atoms with Crippen molar-refractivity contribution in [2.75, 3.05) is 19.6 Å². The summed E-state index contributed by atoms with van der Waals surface area (Å²) in [7, 11) is 0. The Morgan fingerprint density at radius 1 is 1.41 bits per heavy atom. The van der Waals surface area contributed by atoms with E-state index in [9.17, 15) is 4.79 Å². The average molecular weight is 253 g/mol. The van der Waals surface area contributed by atoms with Crippen LogP contribution in [0.25, 0.3) is 0 Å². The Labute approximate surface area is 107 Å². The summed E-state index contributed by atoms with van der Waals surface area (Å²) >= 11 is 5.82. The maximum atomic E-state index is 12.1. The van der Waals surface area contributed by atoms with Crippen molar-refractivity contribution >= 4 is 17.5 Å². The monoisotopic (exact) mass is 252 g/mol. The molecule has 4 heteroatoms. The van der Waals surface area contributed by atoms with Gasteiger partial charge in [-0.15, -0.1) is 0 Å². The minimum absolute atomic E-state index is 0.196. The molecule has 1 aliphatic rings. The number of nitrogens with one attached hydrogen (secondary N) is 1. The lowest BCUT2D eigenvalue weighted by molar-refractivity contribution is -0.133. The molecule has 1 saturated heterocycles. The van der Waals surface area contributed by atoms with Crippen molar-refractivity contribution in [2.24, 2.45) is 0 Å². The number of hydrogen-bond acceptors (Lipinski definition) is 2. The van der Waals surface area contributed by atoms with Crippen LogP contribution < -0.4 is 5.32 Å². The van der Waals surface area contributed by atoms with Gasteiger partial charge in [-0.25, -0.2) is 0 Å². The number of hydrogen-bond donors (Lipinski definition) is 1. The third-order valence-electron chi connectivity index (χ3n) is 3.13. The largest absolute Gasteiger partial charge is 0.337 e. The molecule has 0 unspecified atom stereocenters. The zero-order valence-corrected chi connectivity index (χ0v) is 10.7. The third-order valence-corrected chi connectivity index (χ3v) is 3.38. The minimum atomic E-state index is 0.196. The van der Waals surface area contributed by atoms with Gasteiger partial charge < -0.3 is 10.2 Å². The molecule has 17 heavy (non-hydrogen) atoms. The molecule has 0 aromatic heterocycles. The number of rotatable bonds is 4. The number of likely N-dealkylation sites (N-methyl/N-ethyl adjacent to an activating group) is 1. The lowest BCUT2D eigenvalue weighted by Gasteiger charge is -2.37. The highest BCUT2D eigenvalue weighted by Gasteiger charge is 2.26. The SMILES string of the molecule is CCN(C(=O)Cc1ccc(Cl)cc1)C1CNC1. The van der Waals surface area contributed by atoms with Crippen LogP contribution in [0.3, 0.4) is 0 Å². The molecule has 0 atom stereocenters. The summed E-state index contributed by atoms with van der Waals surface area (Å²) in [5.41, 5.74) is 1.02. The highest BCUT2D eigenvalue weighted by Crippen LogP contribution is 2.12. The van der Waals surface area contributed by atoms with Crippen LogP contribution in [0.5, 0.6) is 0 Å². The fraction of sp³-hybridized carbons (Fsp3) is 0.462. The summed E-state index contributed by atoms with van der Waals surface area (Å²) in [4.78, 5) is 14.1. The van der Waals surface area contributed by atoms with E-state index in [1.165, 1.54) is 0 Å². The first kappa shape index (κ1) is 12.4. The van der Waals surface area contributed by atoms with Crippen LogP contribution >= 0.6 is 11.6 Å². The van der Waals surface area contributed by atoms with Gasteiger partial charge in [-0.1, -0.05) is 23.7 Å². The molecule has 92 valence electrons. The van der Waals surface area contributed by atoms with Gasteiger partial charge in [-0.05, 0) is 24.6 Å². The van der Waals surface area contributed by atoms with Crippen molar-refractivity contribution in [1.29, 1.82) is 0 Å². The maximum absolute atomic E-state index is 12.1. The predicted molar refractivity (Wildman–Crippen MR) is 69.2 cm³/mol. The van der Waals surface area contributed by atoms with E-state index in [1.54, 1.807) is 0 Å². The Kier molecular flexibility index (Phi) is 4.02. The van der Waals surface area contributed by atoms with Gasteiger partial charge in [0, 0.05) is 24.7 Å². The van der Waals surface area contributed by atoms with Gasteiger partial charge in [0.05, 0.1) is 12.5 Å². The van der Waals surface area contributed by atoms with Crippen molar-refractivity contribution in [2.45, 2.75) is 19.4 Å². The fourth-order valence-corrected chi connectivity index (χ4v) is 2.14. The van der Waals surface area contributed by atoms with E-state index in [0.29, 0.717) is 17.5 Å². The Hall–Kier alpha value is -1.06. The van der Waals surface area contributed by atoms with Gasteiger partial charge in [-0.3, -0.25) is 4.79 Å².